The Morgan fingerprint density at radius 3 is 2.68 bits per heavy atom. The van der Waals surface area contributed by atoms with Crippen LogP contribution >= 0.6 is 24.0 Å². The van der Waals surface area contributed by atoms with Crippen LogP contribution in [-0.4, -0.2) is 59.6 Å². The molecule has 1 heterocycles. The minimum absolute atomic E-state index is 0.0655. The van der Waals surface area contributed by atoms with Crippen molar-refractivity contribution >= 4 is 51.8 Å². The molecule has 1 N–H and O–H groups in total. The molecule has 1 aromatic rings. The third kappa shape index (κ3) is 7.12. The second-order valence-corrected chi connectivity index (χ2v) is 8.11. The van der Waals surface area contributed by atoms with E-state index in [0.717, 1.165) is 25.9 Å². The summed E-state index contributed by atoms with van der Waals surface area (Å²) < 4.78 is 10.3. The maximum absolute atomic E-state index is 11.9. The van der Waals surface area contributed by atoms with Crippen LogP contribution in [0.3, 0.4) is 0 Å². The first-order valence-corrected chi connectivity index (χ1v) is 10.3. The van der Waals surface area contributed by atoms with Gasteiger partial charge in [0.2, 0.25) is 0 Å². The van der Waals surface area contributed by atoms with Gasteiger partial charge in [-0.2, -0.15) is 0 Å². The van der Waals surface area contributed by atoms with Crippen LogP contribution in [-0.2, 0) is 19.1 Å². The fourth-order valence-corrected chi connectivity index (χ4v) is 3.68. The van der Waals surface area contributed by atoms with Gasteiger partial charge in [-0.05, 0) is 37.0 Å². The van der Waals surface area contributed by atoms with Crippen LogP contribution in [0.1, 0.15) is 30.1 Å². The zero-order valence-electron chi connectivity index (χ0n) is 15.9. The van der Waals surface area contributed by atoms with E-state index in [1.165, 1.54) is 24.9 Å². The van der Waals surface area contributed by atoms with Crippen LogP contribution in [0.15, 0.2) is 24.3 Å². The molecule has 0 saturated carbocycles. The first-order chi connectivity index (χ1) is 13.4. The lowest BCUT2D eigenvalue weighted by Gasteiger charge is -2.31. The van der Waals surface area contributed by atoms with Gasteiger partial charge in [-0.15, -0.1) is 0 Å². The van der Waals surface area contributed by atoms with Crippen molar-refractivity contribution < 1.29 is 23.9 Å². The van der Waals surface area contributed by atoms with Gasteiger partial charge < -0.3 is 19.7 Å². The highest BCUT2D eigenvalue weighted by Crippen LogP contribution is 2.20. The Bertz CT molecular complexity index is 733. The van der Waals surface area contributed by atoms with E-state index in [2.05, 4.69) is 21.9 Å². The smallest absolute Gasteiger partial charge is 0.337 e. The Labute approximate surface area is 174 Å². The molecule has 1 aliphatic heterocycles. The summed E-state index contributed by atoms with van der Waals surface area (Å²) in [7, 11) is 1.28. The monoisotopic (exact) mass is 424 g/mol. The molecule has 28 heavy (non-hydrogen) atoms. The molecule has 0 radical (unpaired) electrons. The molecule has 1 fully saturated rings. The van der Waals surface area contributed by atoms with Crippen LogP contribution in [0.5, 0.6) is 0 Å². The van der Waals surface area contributed by atoms with Gasteiger partial charge in [0.05, 0.1) is 18.4 Å². The second kappa shape index (κ2) is 11.0. The molecule has 1 aromatic carbocycles. The number of hydrogen-bond acceptors (Lipinski definition) is 7. The number of thioether (sulfide) groups is 1. The Balaban J connectivity index is 1.70. The predicted octanol–water partition coefficient (Wildman–Crippen LogP) is 2.70. The summed E-state index contributed by atoms with van der Waals surface area (Å²) in [5.74, 6) is -0.723. The minimum atomic E-state index is -0.504. The quantitative estimate of drug-likeness (QED) is 0.551. The van der Waals surface area contributed by atoms with Gasteiger partial charge in [-0.25, -0.2) is 4.79 Å². The number of benzene rings is 1. The molecule has 1 saturated heterocycles. The molecule has 0 aliphatic carbocycles. The van der Waals surface area contributed by atoms with E-state index in [1.807, 2.05) is 0 Å². The fraction of sp³-hybridized carbons (Fsp3) is 0.474. The van der Waals surface area contributed by atoms with Crippen molar-refractivity contribution in [1.82, 2.24) is 4.90 Å². The van der Waals surface area contributed by atoms with Crippen LogP contribution < -0.4 is 5.32 Å². The van der Waals surface area contributed by atoms with E-state index < -0.39 is 24.5 Å². The SMILES string of the molecule is COC(=O)c1cccc(NC(=O)COC(=O)CSC(=S)N2CCC(C)CC2)c1. The Kier molecular flexibility index (Phi) is 8.72. The van der Waals surface area contributed by atoms with E-state index >= 15 is 0 Å². The highest BCUT2D eigenvalue weighted by Gasteiger charge is 2.19. The van der Waals surface area contributed by atoms with Gasteiger partial charge >= 0.3 is 11.9 Å². The number of methoxy groups -OCH3 is 1. The maximum atomic E-state index is 11.9. The standard InChI is InChI=1S/C19H24N2O5S2/c1-13-6-8-21(9-7-13)19(27)28-12-17(23)26-11-16(22)20-15-5-3-4-14(10-15)18(24)25-2/h3-5,10,13H,6-9,11-12H2,1-2H3,(H,20,22). The Morgan fingerprint density at radius 1 is 1.29 bits per heavy atom. The first kappa shape index (κ1) is 22.2. The lowest BCUT2D eigenvalue weighted by atomic mass is 10.00. The summed E-state index contributed by atoms with van der Waals surface area (Å²) in [5, 5.41) is 2.57. The molecule has 0 spiro atoms. The molecule has 1 amide bonds. The van der Waals surface area contributed by atoms with Gasteiger partial charge in [0.25, 0.3) is 5.91 Å². The largest absolute Gasteiger partial charge is 0.465 e. The number of rotatable bonds is 6. The molecule has 0 unspecified atom stereocenters. The van der Waals surface area contributed by atoms with Gasteiger partial charge in [-0.1, -0.05) is 37.0 Å². The third-order valence-corrected chi connectivity index (χ3v) is 5.78. The van der Waals surface area contributed by atoms with Crippen molar-refractivity contribution in [3.05, 3.63) is 29.8 Å². The number of likely N-dealkylation sites (tertiary alicyclic amines) is 1. The molecule has 9 heteroatoms. The number of thiocarbonyl (C=S) groups is 1. The summed E-state index contributed by atoms with van der Waals surface area (Å²) in [6, 6.07) is 6.30. The molecular weight excluding hydrogens is 400 g/mol. The molecular formula is C19H24N2O5S2. The topological polar surface area (TPSA) is 84.9 Å². The molecule has 2 rings (SSSR count). The van der Waals surface area contributed by atoms with Crippen molar-refractivity contribution in [3.63, 3.8) is 0 Å². The minimum Gasteiger partial charge on any atom is -0.465 e. The van der Waals surface area contributed by atoms with Crippen molar-refractivity contribution in [1.29, 1.82) is 0 Å². The zero-order valence-corrected chi connectivity index (χ0v) is 17.6. The van der Waals surface area contributed by atoms with Crippen molar-refractivity contribution in [3.8, 4) is 0 Å². The van der Waals surface area contributed by atoms with E-state index in [4.69, 9.17) is 17.0 Å². The highest BCUT2D eigenvalue weighted by molar-refractivity contribution is 8.23. The van der Waals surface area contributed by atoms with E-state index in [1.54, 1.807) is 18.2 Å². The second-order valence-electron chi connectivity index (χ2n) is 6.51. The number of anilines is 1. The number of nitrogens with zero attached hydrogens (tertiary/aromatic N) is 1. The number of amides is 1. The average Bonchev–Trinajstić information content (AvgIpc) is 2.70. The van der Waals surface area contributed by atoms with Crippen molar-refractivity contribution in [2.75, 3.05) is 37.9 Å². The number of esters is 2. The summed E-state index contributed by atoms with van der Waals surface area (Å²) in [4.78, 5) is 37.4. The summed E-state index contributed by atoms with van der Waals surface area (Å²) in [5.41, 5.74) is 0.730. The number of piperidine rings is 1. The van der Waals surface area contributed by atoms with E-state index in [-0.39, 0.29) is 5.75 Å². The van der Waals surface area contributed by atoms with Crippen LogP contribution in [0.2, 0.25) is 0 Å². The van der Waals surface area contributed by atoms with Crippen molar-refractivity contribution in [2.24, 2.45) is 5.92 Å². The maximum Gasteiger partial charge on any atom is 0.337 e. The average molecular weight is 425 g/mol. The zero-order chi connectivity index (χ0) is 20.5. The number of ether oxygens (including phenoxy) is 2. The number of hydrogen-bond donors (Lipinski definition) is 1. The number of carbonyl (C=O) groups is 3. The number of nitrogens with one attached hydrogen (secondary N) is 1. The molecule has 0 bridgehead atoms. The first-order valence-electron chi connectivity index (χ1n) is 8.94. The number of carbonyl (C=O) groups excluding carboxylic acids is 3. The molecule has 152 valence electrons. The predicted molar refractivity (Wildman–Crippen MR) is 112 cm³/mol. The lowest BCUT2D eigenvalue weighted by molar-refractivity contribution is -0.144. The normalized spacial score (nSPS) is 14.3. The fourth-order valence-electron chi connectivity index (χ4n) is 2.63. The van der Waals surface area contributed by atoms with E-state index in [0.29, 0.717) is 21.5 Å². The summed E-state index contributed by atoms with van der Waals surface area (Å²) in [6.45, 7) is 3.64. The van der Waals surface area contributed by atoms with Gasteiger partial charge in [-0.3, -0.25) is 9.59 Å². The molecule has 7 nitrogen and oxygen atoms in total. The Morgan fingerprint density at radius 2 is 2.00 bits per heavy atom. The molecule has 0 atom stereocenters. The van der Waals surface area contributed by atoms with Crippen LogP contribution in [0.4, 0.5) is 5.69 Å². The van der Waals surface area contributed by atoms with Gasteiger partial charge in [0.1, 0.15) is 4.32 Å². The van der Waals surface area contributed by atoms with Crippen LogP contribution in [0, 0.1) is 5.92 Å². The van der Waals surface area contributed by atoms with E-state index in [9.17, 15) is 14.4 Å². The molecule has 0 aromatic heterocycles. The lowest BCUT2D eigenvalue weighted by Crippen LogP contribution is -2.35. The summed E-state index contributed by atoms with van der Waals surface area (Å²) in [6.07, 6.45) is 2.20. The van der Waals surface area contributed by atoms with Gasteiger partial charge in [0.15, 0.2) is 6.61 Å². The molecule has 1 aliphatic rings. The van der Waals surface area contributed by atoms with Crippen LogP contribution in [0.25, 0.3) is 0 Å². The van der Waals surface area contributed by atoms with Gasteiger partial charge in [0, 0.05) is 18.8 Å². The summed E-state index contributed by atoms with van der Waals surface area (Å²) >= 11 is 6.62. The van der Waals surface area contributed by atoms with Crippen molar-refractivity contribution in [2.45, 2.75) is 19.8 Å². The third-order valence-electron chi connectivity index (χ3n) is 4.29. The Hall–Kier alpha value is -2.13. The highest BCUT2D eigenvalue weighted by atomic mass is 32.2.